The van der Waals surface area contributed by atoms with Crippen LogP contribution < -0.4 is 5.73 Å². The van der Waals surface area contributed by atoms with E-state index in [9.17, 15) is 4.79 Å². The lowest BCUT2D eigenvalue weighted by Crippen LogP contribution is -2.51. The zero-order valence-electron chi connectivity index (χ0n) is 8.91. The number of carbonyl (C=O) groups is 1. The number of nitrogens with zero attached hydrogens (tertiary/aromatic N) is 1. The lowest BCUT2D eigenvalue weighted by Gasteiger charge is -2.38. The molecule has 1 amide bonds. The summed E-state index contributed by atoms with van der Waals surface area (Å²) in [5, 5.41) is 0. The maximum Gasteiger partial charge on any atom is 0.239 e. The monoisotopic (exact) mass is 196 g/mol. The predicted molar refractivity (Wildman–Crippen MR) is 55.7 cm³/mol. The number of carbonyl (C=O) groups excluding carboxylic acids is 1. The summed E-state index contributed by atoms with van der Waals surface area (Å²) in [6, 6.07) is 0.191. The number of rotatable bonds is 1. The number of hydrogen-bond donors (Lipinski definition) is 1. The van der Waals surface area contributed by atoms with Crippen LogP contribution in [0.25, 0.3) is 0 Å². The smallest absolute Gasteiger partial charge is 0.239 e. The number of piperidine rings is 1. The molecule has 14 heavy (non-hydrogen) atoms. The van der Waals surface area contributed by atoms with Gasteiger partial charge in [0.05, 0.1) is 6.04 Å². The highest BCUT2D eigenvalue weighted by atomic mass is 16.2. The van der Waals surface area contributed by atoms with Gasteiger partial charge in [0.25, 0.3) is 0 Å². The van der Waals surface area contributed by atoms with Crippen molar-refractivity contribution in [3.63, 3.8) is 0 Å². The van der Waals surface area contributed by atoms with Gasteiger partial charge >= 0.3 is 0 Å². The van der Waals surface area contributed by atoms with Crippen LogP contribution in [-0.2, 0) is 4.79 Å². The van der Waals surface area contributed by atoms with Crippen LogP contribution in [0.4, 0.5) is 0 Å². The molecule has 2 aliphatic rings. The molecule has 0 radical (unpaired) electrons. The zero-order valence-corrected chi connectivity index (χ0v) is 8.91. The Bertz CT molecular complexity index is 227. The fourth-order valence-corrected chi connectivity index (χ4v) is 2.99. The minimum atomic E-state index is -0.325. The topological polar surface area (TPSA) is 46.3 Å². The number of fused-ring (bicyclic) bond motifs is 1. The van der Waals surface area contributed by atoms with Gasteiger partial charge in [0.15, 0.2) is 0 Å². The number of nitrogens with two attached hydrogens (primary N) is 1. The van der Waals surface area contributed by atoms with Gasteiger partial charge in [0.2, 0.25) is 5.91 Å². The average molecular weight is 196 g/mol. The Morgan fingerprint density at radius 1 is 1.36 bits per heavy atom. The summed E-state index contributed by atoms with van der Waals surface area (Å²) >= 11 is 0. The summed E-state index contributed by atoms with van der Waals surface area (Å²) in [5.41, 5.74) is 5.66. The van der Waals surface area contributed by atoms with Crippen molar-refractivity contribution in [2.24, 2.45) is 11.7 Å². The summed E-state index contributed by atoms with van der Waals surface area (Å²) in [6.07, 6.45) is 6.28. The number of hydrogen-bond acceptors (Lipinski definition) is 2. The first-order valence-corrected chi connectivity index (χ1v) is 5.76. The van der Waals surface area contributed by atoms with Gasteiger partial charge in [0.1, 0.15) is 0 Å². The molecule has 0 spiro atoms. The van der Waals surface area contributed by atoms with E-state index in [2.05, 4.69) is 0 Å². The lowest BCUT2D eigenvalue weighted by molar-refractivity contribution is -0.136. The highest BCUT2D eigenvalue weighted by Gasteiger charge is 2.37. The van der Waals surface area contributed by atoms with Gasteiger partial charge in [-0.05, 0) is 38.5 Å². The maximum absolute atomic E-state index is 11.8. The lowest BCUT2D eigenvalue weighted by atomic mass is 9.91. The van der Waals surface area contributed by atoms with Crippen molar-refractivity contribution >= 4 is 5.91 Å². The van der Waals surface area contributed by atoms with Crippen LogP contribution in [0.3, 0.4) is 0 Å². The van der Waals surface area contributed by atoms with E-state index in [4.69, 9.17) is 5.73 Å². The Hall–Kier alpha value is -0.570. The molecule has 0 aromatic carbocycles. The molecule has 0 bridgehead atoms. The average Bonchev–Trinajstić information content (AvgIpc) is 2.63. The molecule has 1 aliphatic carbocycles. The van der Waals surface area contributed by atoms with Gasteiger partial charge in [-0.2, -0.15) is 0 Å². The second-order valence-corrected chi connectivity index (χ2v) is 4.72. The van der Waals surface area contributed by atoms with Crippen molar-refractivity contribution in [3.8, 4) is 0 Å². The molecule has 3 nitrogen and oxygen atoms in total. The largest absolute Gasteiger partial charge is 0.338 e. The molecule has 1 saturated carbocycles. The van der Waals surface area contributed by atoms with Crippen LogP contribution in [0.15, 0.2) is 0 Å². The molecular formula is C11H20N2O. The van der Waals surface area contributed by atoms with Crippen LogP contribution in [0.1, 0.15) is 39.0 Å². The summed E-state index contributed by atoms with van der Waals surface area (Å²) in [4.78, 5) is 13.9. The fraction of sp³-hybridized carbons (Fsp3) is 0.909. The van der Waals surface area contributed by atoms with Crippen LogP contribution >= 0.6 is 0 Å². The van der Waals surface area contributed by atoms with Crippen molar-refractivity contribution in [1.29, 1.82) is 0 Å². The molecule has 2 N–H and O–H groups in total. The van der Waals surface area contributed by atoms with Crippen molar-refractivity contribution in [1.82, 2.24) is 4.90 Å². The molecule has 2 fully saturated rings. The summed E-state index contributed by atoms with van der Waals surface area (Å²) < 4.78 is 0. The first-order valence-electron chi connectivity index (χ1n) is 5.76. The van der Waals surface area contributed by atoms with Gasteiger partial charge in [-0.25, -0.2) is 0 Å². The molecule has 1 saturated heterocycles. The second-order valence-electron chi connectivity index (χ2n) is 4.72. The van der Waals surface area contributed by atoms with Crippen LogP contribution in [0, 0.1) is 5.92 Å². The highest BCUT2D eigenvalue weighted by Crippen LogP contribution is 2.36. The first-order chi connectivity index (χ1) is 6.70. The van der Waals surface area contributed by atoms with E-state index < -0.39 is 0 Å². The Balaban J connectivity index is 2.06. The minimum absolute atomic E-state index is 0.154. The first kappa shape index (κ1) is 9.97. The van der Waals surface area contributed by atoms with Crippen molar-refractivity contribution in [3.05, 3.63) is 0 Å². The Morgan fingerprint density at radius 3 is 2.79 bits per heavy atom. The molecule has 1 aliphatic heterocycles. The third-order valence-electron chi connectivity index (χ3n) is 3.67. The van der Waals surface area contributed by atoms with Gasteiger partial charge in [-0.1, -0.05) is 6.42 Å². The quantitative estimate of drug-likeness (QED) is 0.683. The van der Waals surface area contributed by atoms with Crippen molar-refractivity contribution in [2.45, 2.75) is 51.1 Å². The van der Waals surface area contributed by atoms with Gasteiger partial charge in [0, 0.05) is 12.6 Å². The zero-order chi connectivity index (χ0) is 10.1. The number of likely N-dealkylation sites (tertiary alicyclic amines) is 1. The molecule has 80 valence electrons. The van der Waals surface area contributed by atoms with Crippen LogP contribution in [-0.4, -0.2) is 29.4 Å². The van der Waals surface area contributed by atoms with Crippen molar-refractivity contribution in [2.75, 3.05) is 6.54 Å². The van der Waals surface area contributed by atoms with Crippen LogP contribution in [0.5, 0.6) is 0 Å². The molecule has 3 atom stereocenters. The third kappa shape index (κ3) is 1.65. The SMILES string of the molecule is C[C@@H](N)C(=O)N1CCC[C@H]2CCC[C@@H]21. The molecular weight excluding hydrogens is 176 g/mol. The third-order valence-corrected chi connectivity index (χ3v) is 3.67. The number of amides is 1. The fourth-order valence-electron chi connectivity index (χ4n) is 2.99. The van der Waals surface area contributed by atoms with E-state index in [1.165, 1.54) is 32.1 Å². The van der Waals surface area contributed by atoms with E-state index in [0.717, 1.165) is 12.5 Å². The van der Waals surface area contributed by atoms with Crippen LogP contribution in [0.2, 0.25) is 0 Å². The van der Waals surface area contributed by atoms with E-state index >= 15 is 0 Å². The summed E-state index contributed by atoms with van der Waals surface area (Å²) in [7, 11) is 0. The second kappa shape index (κ2) is 3.89. The summed E-state index contributed by atoms with van der Waals surface area (Å²) in [5.74, 6) is 0.924. The predicted octanol–water partition coefficient (Wildman–Crippen LogP) is 1.12. The Morgan fingerprint density at radius 2 is 2.07 bits per heavy atom. The molecule has 0 unspecified atom stereocenters. The van der Waals surface area contributed by atoms with E-state index in [1.54, 1.807) is 6.92 Å². The normalized spacial score (nSPS) is 34.0. The standard InChI is InChI=1S/C11H20N2O/c1-8(12)11(14)13-7-3-5-9-4-2-6-10(9)13/h8-10H,2-7,12H2,1H3/t8-,9-,10+/m1/s1. The maximum atomic E-state index is 11.8. The Labute approximate surface area is 85.6 Å². The van der Waals surface area contributed by atoms with Gasteiger partial charge in [-0.3, -0.25) is 4.79 Å². The highest BCUT2D eigenvalue weighted by molar-refractivity contribution is 5.81. The van der Waals surface area contributed by atoms with E-state index in [0.29, 0.717) is 6.04 Å². The van der Waals surface area contributed by atoms with Gasteiger partial charge in [-0.15, -0.1) is 0 Å². The van der Waals surface area contributed by atoms with Gasteiger partial charge < -0.3 is 10.6 Å². The summed E-state index contributed by atoms with van der Waals surface area (Å²) in [6.45, 7) is 2.72. The molecule has 3 heteroatoms. The molecule has 1 heterocycles. The van der Waals surface area contributed by atoms with Crippen molar-refractivity contribution < 1.29 is 4.79 Å². The minimum Gasteiger partial charge on any atom is -0.338 e. The van der Waals surface area contributed by atoms with E-state index in [1.807, 2.05) is 4.90 Å². The molecule has 0 aromatic rings. The molecule has 0 aromatic heterocycles. The Kier molecular flexibility index (Phi) is 2.77. The molecule has 2 rings (SSSR count). The van der Waals surface area contributed by atoms with E-state index in [-0.39, 0.29) is 11.9 Å².